The number of carbonyl (C=O) groups is 1. The van der Waals surface area contributed by atoms with Crippen LogP contribution in [-0.4, -0.2) is 38.9 Å². The lowest BCUT2D eigenvalue weighted by Gasteiger charge is -2.14. The topological polar surface area (TPSA) is 66.9 Å². The molecule has 6 heteroatoms. The Morgan fingerprint density at radius 1 is 1.08 bits per heavy atom. The Bertz CT molecular complexity index is 745. The molecule has 0 saturated carbocycles. The van der Waals surface area contributed by atoms with Crippen molar-refractivity contribution >= 4 is 12.0 Å². The van der Waals surface area contributed by atoms with Crippen molar-refractivity contribution in [2.24, 2.45) is 0 Å². The SMILES string of the molecule is CCOC(=O)C=Cc1ccnc(-c2cc(OC)c(OC)c(OC)c2)c1. The number of hydrogen-bond acceptors (Lipinski definition) is 6. The summed E-state index contributed by atoms with van der Waals surface area (Å²) in [5, 5.41) is 0. The van der Waals surface area contributed by atoms with Gasteiger partial charge in [-0.1, -0.05) is 0 Å². The van der Waals surface area contributed by atoms with Gasteiger partial charge < -0.3 is 18.9 Å². The van der Waals surface area contributed by atoms with Gasteiger partial charge in [-0.3, -0.25) is 4.98 Å². The van der Waals surface area contributed by atoms with Crippen molar-refractivity contribution < 1.29 is 23.7 Å². The lowest BCUT2D eigenvalue weighted by atomic mass is 10.1. The molecule has 0 fully saturated rings. The number of aromatic nitrogens is 1. The number of carbonyl (C=O) groups excluding carboxylic acids is 1. The van der Waals surface area contributed by atoms with E-state index in [-0.39, 0.29) is 5.97 Å². The first-order valence-electron chi connectivity index (χ1n) is 7.74. The van der Waals surface area contributed by atoms with Crippen molar-refractivity contribution in [3.63, 3.8) is 0 Å². The first-order chi connectivity index (χ1) is 12.1. The molecule has 1 aromatic heterocycles. The smallest absolute Gasteiger partial charge is 0.330 e. The molecule has 0 amide bonds. The minimum atomic E-state index is -0.381. The summed E-state index contributed by atoms with van der Waals surface area (Å²) >= 11 is 0. The van der Waals surface area contributed by atoms with Gasteiger partial charge >= 0.3 is 5.97 Å². The van der Waals surface area contributed by atoms with Crippen molar-refractivity contribution in [3.8, 4) is 28.5 Å². The van der Waals surface area contributed by atoms with E-state index in [1.165, 1.54) is 6.08 Å². The molecule has 0 N–H and O–H groups in total. The largest absolute Gasteiger partial charge is 0.493 e. The molecular formula is C19H21NO5. The molecule has 0 radical (unpaired) electrons. The molecule has 0 aliphatic heterocycles. The van der Waals surface area contributed by atoms with E-state index in [1.54, 1.807) is 46.6 Å². The van der Waals surface area contributed by atoms with Gasteiger partial charge in [-0.2, -0.15) is 0 Å². The number of benzene rings is 1. The molecule has 2 aromatic rings. The fourth-order valence-corrected chi connectivity index (χ4v) is 2.29. The zero-order valence-electron chi connectivity index (χ0n) is 14.7. The lowest BCUT2D eigenvalue weighted by Crippen LogP contribution is -1.98. The van der Waals surface area contributed by atoms with Crippen LogP contribution >= 0.6 is 0 Å². The summed E-state index contributed by atoms with van der Waals surface area (Å²) in [7, 11) is 4.68. The summed E-state index contributed by atoms with van der Waals surface area (Å²) in [5.41, 5.74) is 2.35. The van der Waals surface area contributed by atoms with Crippen LogP contribution in [0.1, 0.15) is 12.5 Å². The first kappa shape index (κ1) is 18.3. The molecule has 0 atom stereocenters. The molecule has 132 valence electrons. The van der Waals surface area contributed by atoms with Gasteiger partial charge in [-0.05, 0) is 42.8 Å². The number of hydrogen-bond donors (Lipinski definition) is 0. The highest BCUT2D eigenvalue weighted by Crippen LogP contribution is 2.40. The molecular weight excluding hydrogens is 322 g/mol. The molecule has 25 heavy (non-hydrogen) atoms. The maximum Gasteiger partial charge on any atom is 0.330 e. The molecule has 0 aliphatic rings. The van der Waals surface area contributed by atoms with Crippen LogP contribution in [0.5, 0.6) is 17.2 Å². The fraction of sp³-hybridized carbons (Fsp3) is 0.263. The molecule has 1 heterocycles. The summed E-state index contributed by atoms with van der Waals surface area (Å²) in [4.78, 5) is 15.8. The summed E-state index contributed by atoms with van der Waals surface area (Å²) in [6.45, 7) is 2.11. The molecule has 0 spiro atoms. The van der Waals surface area contributed by atoms with Gasteiger partial charge in [0, 0.05) is 17.8 Å². The Morgan fingerprint density at radius 3 is 2.32 bits per heavy atom. The van der Waals surface area contributed by atoms with E-state index in [4.69, 9.17) is 18.9 Å². The second kappa shape index (κ2) is 8.73. The van der Waals surface area contributed by atoms with Crippen LogP contribution in [0, 0.1) is 0 Å². The average Bonchev–Trinajstić information content (AvgIpc) is 2.65. The lowest BCUT2D eigenvalue weighted by molar-refractivity contribution is -0.137. The van der Waals surface area contributed by atoms with Crippen LogP contribution in [0.3, 0.4) is 0 Å². The van der Waals surface area contributed by atoms with Gasteiger partial charge in [-0.25, -0.2) is 4.79 Å². The summed E-state index contributed by atoms with van der Waals surface area (Å²) in [6.07, 6.45) is 4.74. The van der Waals surface area contributed by atoms with Crippen LogP contribution in [0.15, 0.2) is 36.5 Å². The molecule has 1 aromatic carbocycles. The van der Waals surface area contributed by atoms with Gasteiger partial charge in [0.1, 0.15) is 0 Å². The van der Waals surface area contributed by atoms with Gasteiger partial charge in [0.05, 0.1) is 33.6 Å². The molecule has 0 aliphatic carbocycles. The van der Waals surface area contributed by atoms with Gasteiger partial charge in [0.25, 0.3) is 0 Å². The number of ether oxygens (including phenoxy) is 4. The Labute approximate surface area is 147 Å². The highest BCUT2D eigenvalue weighted by Gasteiger charge is 2.14. The van der Waals surface area contributed by atoms with Crippen molar-refractivity contribution in [2.75, 3.05) is 27.9 Å². The minimum Gasteiger partial charge on any atom is -0.493 e. The molecule has 0 bridgehead atoms. The van der Waals surface area contributed by atoms with Crippen molar-refractivity contribution in [2.45, 2.75) is 6.92 Å². The van der Waals surface area contributed by atoms with Crippen molar-refractivity contribution in [3.05, 3.63) is 42.1 Å². The second-order valence-electron chi connectivity index (χ2n) is 4.97. The van der Waals surface area contributed by atoms with Crippen LogP contribution in [0.2, 0.25) is 0 Å². The predicted octanol–water partition coefficient (Wildman–Crippen LogP) is 3.35. The second-order valence-corrected chi connectivity index (χ2v) is 4.97. The van der Waals surface area contributed by atoms with E-state index in [1.807, 2.05) is 18.2 Å². The third kappa shape index (κ3) is 4.50. The average molecular weight is 343 g/mol. The fourth-order valence-electron chi connectivity index (χ4n) is 2.29. The van der Waals surface area contributed by atoms with E-state index in [9.17, 15) is 4.79 Å². The van der Waals surface area contributed by atoms with E-state index >= 15 is 0 Å². The predicted molar refractivity (Wildman–Crippen MR) is 95.0 cm³/mol. The standard InChI is InChI=1S/C19H21NO5/c1-5-25-18(21)7-6-13-8-9-20-15(10-13)14-11-16(22-2)19(24-4)17(12-14)23-3/h6-12H,5H2,1-4H3. The van der Waals surface area contributed by atoms with Crippen molar-refractivity contribution in [1.82, 2.24) is 4.98 Å². The molecule has 0 unspecified atom stereocenters. The molecule has 6 nitrogen and oxygen atoms in total. The number of methoxy groups -OCH3 is 3. The zero-order valence-corrected chi connectivity index (χ0v) is 14.7. The Hall–Kier alpha value is -3.02. The van der Waals surface area contributed by atoms with Gasteiger partial charge in [0.2, 0.25) is 5.75 Å². The van der Waals surface area contributed by atoms with Crippen LogP contribution in [0.25, 0.3) is 17.3 Å². The number of nitrogens with zero attached hydrogens (tertiary/aromatic N) is 1. The van der Waals surface area contributed by atoms with Gasteiger partial charge in [0.15, 0.2) is 11.5 Å². The molecule has 2 rings (SSSR count). The summed E-state index contributed by atoms with van der Waals surface area (Å²) in [6, 6.07) is 7.30. The highest BCUT2D eigenvalue weighted by molar-refractivity contribution is 5.87. The van der Waals surface area contributed by atoms with E-state index in [0.29, 0.717) is 29.5 Å². The van der Waals surface area contributed by atoms with Crippen LogP contribution in [-0.2, 0) is 9.53 Å². The summed E-state index contributed by atoms with van der Waals surface area (Å²) in [5.74, 6) is 1.23. The Kier molecular flexibility index (Phi) is 6.39. The van der Waals surface area contributed by atoms with Crippen LogP contribution in [0.4, 0.5) is 0 Å². The number of pyridine rings is 1. The maximum absolute atomic E-state index is 11.4. The Balaban J connectivity index is 2.39. The van der Waals surface area contributed by atoms with E-state index in [2.05, 4.69) is 4.98 Å². The van der Waals surface area contributed by atoms with E-state index in [0.717, 1.165) is 11.1 Å². The number of esters is 1. The monoisotopic (exact) mass is 343 g/mol. The van der Waals surface area contributed by atoms with Crippen LogP contribution < -0.4 is 14.2 Å². The number of rotatable bonds is 7. The first-order valence-corrected chi connectivity index (χ1v) is 7.74. The minimum absolute atomic E-state index is 0.343. The molecule has 0 saturated heterocycles. The third-order valence-corrected chi connectivity index (χ3v) is 3.44. The Morgan fingerprint density at radius 2 is 1.76 bits per heavy atom. The van der Waals surface area contributed by atoms with E-state index < -0.39 is 0 Å². The highest BCUT2D eigenvalue weighted by atomic mass is 16.5. The summed E-state index contributed by atoms with van der Waals surface area (Å²) < 4.78 is 20.9. The van der Waals surface area contributed by atoms with Gasteiger partial charge in [-0.15, -0.1) is 0 Å². The van der Waals surface area contributed by atoms with Crippen molar-refractivity contribution in [1.29, 1.82) is 0 Å². The third-order valence-electron chi connectivity index (χ3n) is 3.44. The maximum atomic E-state index is 11.4. The zero-order chi connectivity index (χ0) is 18.2. The quantitative estimate of drug-likeness (QED) is 0.567. The normalized spacial score (nSPS) is 10.6.